The van der Waals surface area contributed by atoms with Crippen molar-refractivity contribution in [3.05, 3.63) is 48.6 Å². The predicted octanol–water partition coefficient (Wildman–Crippen LogP) is 2.48. The van der Waals surface area contributed by atoms with Crippen molar-refractivity contribution < 1.29 is 4.74 Å². The van der Waals surface area contributed by atoms with Gasteiger partial charge in [-0.05, 0) is 17.7 Å². The Morgan fingerprint density at radius 2 is 2.00 bits per heavy atom. The van der Waals surface area contributed by atoms with Crippen LogP contribution in [0.2, 0.25) is 0 Å². The highest BCUT2D eigenvalue weighted by Crippen LogP contribution is 2.11. The Bertz CT molecular complexity index is 314. The SMILES string of the molecule is C=CCNCC=Cc1ccc(OC)cc1. The fraction of sp³-hybridized carbons (Fsp3) is 0.231. The molecule has 0 amide bonds. The predicted molar refractivity (Wildman–Crippen MR) is 65.1 cm³/mol. The first-order valence-electron chi connectivity index (χ1n) is 4.99. The van der Waals surface area contributed by atoms with E-state index in [1.165, 1.54) is 5.56 Å². The van der Waals surface area contributed by atoms with Crippen LogP contribution in [0.25, 0.3) is 6.08 Å². The number of rotatable bonds is 6. The van der Waals surface area contributed by atoms with Gasteiger partial charge in [-0.15, -0.1) is 6.58 Å². The zero-order valence-corrected chi connectivity index (χ0v) is 9.07. The molecule has 1 rings (SSSR count). The lowest BCUT2D eigenvalue weighted by molar-refractivity contribution is 0.415. The van der Waals surface area contributed by atoms with E-state index in [-0.39, 0.29) is 0 Å². The normalized spacial score (nSPS) is 10.5. The fourth-order valence-corrected chi connectivity index (χ4v) is 1.18. The van der Waals surface area contributed by atoms with E-state index < -0.39 is 0 Å². The minimum atomic E-state index is 0.840. The smallest absolute Gasteiger partial charge is 0.118 e. The highest BCUT2D eigenvalue weighted by atomic mass is 16.5. The monoisotopic (exact) mass is 203 g/mol. The molecule has 0 spiro atoms. The van der Waals surface area contributed by atoms with Gasteiger partial charge in [-0.25, -0.2) is 0 Å². The van der Waals surface area contributed by atoms with Crippen LogP contribution in [0.3, 0.4) is 0 Å². The van der Waals surface area contributed by atoms with Crippen molar-refractivity contribution in [2.75, 3.05) is 20.2 Å². The fourth-order valence-electron chi connectivity index (χ4n) is 1.18. The van der Waals surface area contributed by atoms with E-state index in [1.807, 2.05) is 30.3 Å². The zero-order chi connectivity index (χ0) is 10.9. The zero-order valence-electron chi connectivity index (χ0n) is 9.07. The Kier molecular flexibility index (Phi) is 5.26. The van der Waals surface area contributed by atoms with Gasteiger partial charge in [0.05, 0.1) is 7.11 Å². The molecule has 0 radical (unpaired) electrons. The third kappa shape index (κ3) is 4.47. The van der Waals surface area contributed by atoms with Gasteiger partial charge in [-0.1, -0.05) is 30.4 Å². The van der Waals surface area contributed by atoms with E-state index in [4.69, 9.17) is 4.74 Å². The number of benzene rings is 1. The molecule has 0 saturated heterocycles. The number of hydrogen-bond donors (Lipinski definition) is 1. The summed E-state index contributed by atoms with van der Waals surface area (Å²) in [7, 11) is 1.67. The first kappa shape index (κ1) is 11.5. The lowest BCUT2D eigenvalue weighted by Crippen LogP contribution is -2.12. The van der Waals surface area contributed by atoms with Gasteiger partial charge < -0.3 is 10.1 Å². The third-order valence-electron chi connectivity index (χ3n) is 1.98. The van der Waals surface area contributed by atoms with Gasteiger partial charge in [-0.2, -0.15) is 0 Å². The van der Waals surface area contributed by atoms with Crippen molar-refractivity contribution in [3.8, 4) is 5.75 Å². The van der Waals surface area contributed by atoms with Crippen LogP contribution < -0.4 is 10.1 Å². The second kappa shape index (κ2) is 6.85. The summed E-state index contributed by atoms with van der Waals surface area (Å²) in [4.78, 5) is 0. The molecular weight excluding hydrogens is 186 g/mol. The molecule has 0 atom stereocenters. The molecule has 0 saturated carbocycles. The molecule has 15 heavy (non-hydrogen) atoms. The van der Waals surface area contributed by atoms with Crippen molar-refractivity contribution in [2.45, 2.75) is 0 Å². The van der Waals surface area contributed by atoms with Gasteiger partial charge in [0.15, 0.2) is 0 Å². The topological polar surface area (TPSA) is 21.3 Å². The Balaban J connectivity index is 2.39. The molecule has 1 N–H and O–H groups in total. The van der Waals surface area contributed by atoms with Gasteiger partial charge in [-0.3, -0.25) is 0 Å². The molecule has 1 aromatic rings. The van der Waals surface area contributed by atoms with Crippen molar-refractivity contribution in [1.29, 1.82) is 0 Å². The number of ether oxygens (including phenoxy) is 1. The van der Waals surface area contributed by atoms with Gasteiger partial charge in [0, 0.05) is 13.1 Å². The number of nitrogens with one attached hydrogen (secondary N) is 1. The van der Waals surface area contributed by atoms with E-state index in [2.05, 4.69) is 24.0 Å². The van der Waals surface area contributed by atoms with E-state index in [9.17, 15) is 0 Å². The van der Waals surface area contributed by atoms with Gasteiger partial charge in [0.1, 0.15) is 5.75 Å². The van der Waals surface area contributed by atoms with Crippen LogP contribution in [-0.2, 0) is 0 Å². The van der Waals surface area contributed by atoms with Crippen molar-refractivity contribution in [2.24, 2.45) is 0 Å². The van der Waals surface area contributed by atoms with E-state index in [0.717, 1.165) is 18.8 Å². The second-order valence-electron chi connectivity index (χ2n) is 3.12. The maximum atomic E-state index is 5.08. The largest absolute Gasteiger partial charge is 0.497 e. The van der Waals surface area contributed by atoms with Gasteiger partial charge >= 0.3 is 0 Å². The highest BCUT2D eigenvalue weighted by Gasteiger charge is 1.89. The molecule has 0 aliphatic rings. The van der Waals surface area contributed by atoms with Crippen molar-refractivity contribution in [1.82, 2.24) is 5.32 Å². The molecule has 80 valence electrons. The van der Waals surface area contributed by atoms with Crippen molar-refractivity contribution >= 4 is 6.08 Å². The van der Waals surface area contributed by atoms with Crippen LogP contribution in [0.1, 0.15) is 5.56 Å². The Labute approximate surface area is 91.3 Å². The van der Waals surface area contributed by atoms with Crippen molar-refractivity contribution in [3.63, 3.8) is 0 Å². The third-order valence-corrected chi connectivity index (χ3v) is 1.98. The van der Waals surface area contributed by atoms with E-state index >= 15 is 0 Å². The van der Waals surface area contributed by atoms with Crippen LogP contribution in [0, 0.1) is 0 Å². The molecule has 0 fully saturated rings. The lowest BCUT2D eigenvalue weighted by Gasteiger charge is -1.99. The van der Waals surface area contributed by atoms with E-state index in [1.54, 1.807) is 7.11 Å². The first-order valence-corrected chi connectivity index (χ1v) is 4.99. The summed E-state index contributed by atoms with van der Waals surface area (Å²) in [5, 5.41) is 3.20. The average Bonchev–Trinajstić information content (AvgIpc) is 2.30. The summed E-state index contributed by atoms with van der Waals surface area (Å²) in [6, 6.07) is 7.97. The quantitative estimate of drug-likeness (QED) is 0.566. The minimum Gasteiger partial charge on any atom is -0.497 e. The summed E-state index contributed by atoms with van der Waals surface area (Å²) >= 11 is 0. The van der Waals surface area contributed by atoms with Crippen LogP contribution >= 0.6 is 0 Å². The summed E-state index contributed by atoms with van der Waals surface area (Å²) in [6.45, 7) is 5.33. The maximum absolute atomic E-state index is 5.08. The second-order valence-corrected chi connectivity index (χ2v) is 3.12. The molecule has 2 nitrogen and oxygen atoms in total. The Morgan fingerprint density at radius 1 is 1.27 bits per heavy atom. The van der Waals surface area contributed by atoms with E-state index in [0.29, 0.717) is 0 Å². The standard InChI is InChI=1S/C13H17NO/c1-3-10-14-11-4-5-12-6-8-13(15-2)9-7-12/h3-9,14H,1,10-11H2,2H3. The molecule has 1 aromatic carbocycles. The molecular formula is C13H17NO. The maximum Gasteiger partial charge on any atom is 0.118 e. The molecule has 0 heterocycles. The molecule has 0 unspecified atom stereocenters. The lowest BCUT2D eigenvalue weighted by atomic mass is 10.2. The van der Waals surface area contributed by atoms with Crippen LogP contribution in [0.15, 0.2) is 43.0 Å². The molecule has 0 aliphatic carbocycles. The summed E-state index contributed by atoms with van der Waals surface area (Å²) in [5.41, 5.74) is 1.18. The minimum absolute atomic E-state index is 0.840. The average molecular weight is 203 g/mol. The summed E-state index contributed by atoms with van der Waals surface area (Å²) < 4.78 is 5.08. The Hall–Kier alpha value is -1.54. The van der Waals surface area contributed by atoms with Crippen LogP contribution in [0.5, 0.6) is 5.75 Å². The molecule has 2 heteroatoms. The molecule has 0 aliphatic heterocycles. The highest BCUT2D eigenvalue weighted by molar-refractivity contribution is 5.50. The molecule has 0 bridgehead atoms. The first-order chi connectivity index (χ1) is 7.36. The summed E-state index contributed by atoms with van der Waals surface area (Å²) in [6.07, 6.45) is 6.02. The van der Waals surface area contributed by atoms with Crippen LogP contribution in [-0.4, -0.2) is 20.2 Å². The van der Waals surface area contributed by atoms with Crippen LogP contribution in [0.4, 0.5) is 0 Å². The summed E-state index contributed by atoms with van der Waals surface area (Å²) in [5.74, 6) is 0.886. The van der Waals surface area contributed by atoms with Gasteiger partial charge in [0.25, 0.3) is 0 Å². The molecule has 0 aromatic heterocycles. The Morgan fingerprint density at radius 3 is 2.60 bits per heavy atom. The number of methoxy groups -OCH3 is 1. The van der Waals surface area contributed by atoms with Gasteiger partial charge in [0.2, 0.25) is 0 Å². The number of hydrogen-bond acceptors (Lipinski definition) is 2.